The lowest BCUT2D eigenvalue weighted by Gasteiger charge is -2.09. The fraction of sp³-hybridized carbons (Fsp3) is 0.545. The molecule has 1 atom stereocenters. The highest BCUT2D eigenvalue weighted by atomic mass is 32.2. The molecule has 5 nitrogen and oxygen atoms in total. The number of aliphatic carboxylic acids is 1. The van der Waals surface area contributed by atoms with E-state index in [1.165, 1.54) is 0 Å². The molecule has 0 aliphatic rings. The molecule has 18 heavy (non-hydrogen) atoms. The smallest absolute Gasteiger partial charge is 0.326 e. The zero-order chi connectivity index (χ0) is 13.4. The van der Waals surface area contributed by atoms with E-state index in [1.54, 1.807) is 23.1 Å². The Morgan fingerprint density at radius 1 is 1.72 bits per heavy atom. The van der Waals surface area contributed by atoms with Crippen LogP contribution in [0.15, 0.2) is 5.38 Å². The van der Waals surface area contributed by atoms with E-state index in [0.717, 1.165) is 22.9 Å². The van der Waals surface area contributed by atoms with Gasteiger partial charge in [0.25, 0.3) is 0 Å². The Morgan fingerprint density at radius 3 is 3.06 bits per heavy atom. The summed E-state index contributed by atoms with van der Waals surface area (Å²) in [5, 5.41) is 14.3. The molecule has 0 aliphatic carbocycles. The lowest BCUT2D eigenvalue weighted by molar-refractivity contribution is -0.140. The number of rotatable bonds is 9. The molecule has 0 fully saturated rings. The normalized spacial score (nSPS) is 12.1. The Morgan fingerprint density at radius 2 is 2.50 bits per heavy atom. The van der Waals surface area contributed by atoms with Crippen LogP contribution in [0, 0.1) is 0 Å². The zero-order valence-corrected chi connectivity index (χ0v) is 11.7. The monoisotopic (exact) mass is 288 g/mol. The molecule has 1 aromatic heterocycles. The van der Waals surface area contributed by atoms with Gasteiger partial charge in [-0.25, -0.2) is 9.78 Å². The standard InChI is InChI=1S/C11H16N2O3S2/c1-2-10-13-8(6-18-10)5-17-4-3-9(11(15)16)12-7-14/h6-7,9H,2-5H2,1H3,(H,12,14)(H,15,16). The van der Waals surface area contributed by atoms with E-state index in [-0.39, 0.29) is 0 Å². The average molecular weight is 288 g/mol. The minimum absolute atomic E-state index is 0.420. The summed E-state index contributed by atoms with van der Waals surface area (Å²) in [5.74, 6) is 0.463. The van der Waals surface area contributed by atoms with E-state index in [2.05, 4.69) is 17.2 Å². The fourth-order valence-corrected chi connectivity index (χ4v) is 3.07. The van der Waals surface area contributed by atoms with Crippen molar-refractivity contribution >= 4 is 35.5 Å². The summed E-state index contributed by atoms with van der Waals surface area (Å²) in [6.45, 7) is 2.07. The van der Waals surface area contributed by atoms with Crippen LogP contribution in [0.4, 0.5) is 0 Å². The molecular formula is C11H16N2O3S2. The third-order valence-corrected chi connectivity index (χ3v) is 4.34. The molecule has 0 saturated heterocycles. The van der Waals surface area contributed by atoms with Crippen molar-refractivity contribution in [2.75, 3.05) is 5.75 Å². The first-order chi connectivity index (χ1) is 8.67. The Bertz CT molecular complexity index is 395. The van der Waals surface area contributed by atoms with Gasteiger partial charge in [-0.15, -0.1) is 11.3 Å². The molecule has 1 amide bonds. The minimum Gasteiger partial charge on any atom is -0.480 e. The summed E-state index contributed by atoms with van der Waals surface area (Å²) in [6.07, 6.45) is 1.79. The summed E-state index contributed by atoms with van der Waals surface area (Å²) in [4.78, 5) is 25.4. The van der Waals surface area contributed by atoms with Gasteiger partial charge in [0, 0.05) is 11.1 Å². The predicted octanol–water partition coefficient (Wildman–Crippen LogP) is 1.53. The summed E-state index contributed by atoms with van der Waals surface area (Å²) in [7, 11) is 0. The number of carboxylic acids is 1. The second-order valence-electron chi connectivity index (χ2n) is 3.60. The summed E-state index contributed by atoms with van der Waals surface area (Å²) in [6, 6.07) is -0.795. The summed E-state index contributed by atoms with van der Waals surface area (Å²) < 4.78 is 0. The van der Waals surface area contributed by atoms with Gasteiger partial charge < -0.3 is 10.4 Å². The zero-order valence-electron chi connectivity index (χ0n) is 10.1. The van der Waals surface area contributed by atoms with Crippen molar-refractivity contribution in [3.8, 4) is 0 Å². The second-order valence-corrected chi connectivity index (χ2v) is 5.65. The van der Waals surface area contributed by atoms with Gasteiger partial charge in [-0.2, -0.15) is 11.8 Å². The first kappa shape index (κ1) is 15.0. The minimum atomic E-state index is -0.996. The third-order valence-electron chi connectivity index (χ3n) is 2.27. The van der Waals surface area contributed by atoms with Crippen molar-refractivity contribution in [3.63, 3.8) is 0 Å². The first-order valence-corrected chi connectivity index (χ1v) is 7.64. The Labute approximate surface area is 114 Å². The number of aryl methyl sites for hydroxylation is 1. The van der Waals surface area contributed by atoms with Gasteiger partial charge >= 0.3 is 5.97 Å². The molecule has 2 N–H and O–H groups in total. The third kappa shape index (κ3) is 5.05. The molecule has 0 radical (unpaired) electrons. The number of hydrogen-bond donors (Lipinski definition) is 2. The number of carbonyl (C=O) groups excluding carboxylic acids is 1. The maximum absolute atomic E-state index is 10.8. The van der Waals surface area contributed by atoms with Gasteiger partial charge in [-0.1, -0.05) is 6.92 Å². The van der Waals surface area contributed by atoms with Crippen molar-refractivity contribution < 1.29 is 14.7 Å². The van der Waals surface area contributed by atoms with Gasteiger partial charge in [0.2, 0.25) is 6.41 Å². The number of hydrogen-bond acceptors (Lipinski definition) is 5. The highest BCUT2D eigenvalue weighted by Crippen LogP contribution is 2.17. The predicted molar refractivity (Wildman–Crippen MR) is 72.9 cm³/mol. The van der Waals surface area contributed by atoms with Gasteiger partial charge in [0.05, 0.1) is 10.7 Å². The van der Waals surface area contributed by atoms with E-state index in [0.29, 0.717) is 18.6 Å². The number of carbonyl (C=O) groups is 2. The van der Waals surface area contributed by atoms with Crippen molar-refractivity contribution in [1.82, 2.24) is 10.3 Å². The topological polar surface area (TPSA) is 79.3 Å². The molecule has 1 unspecified atom stereocenters. The van der Waals surface area contributed by atoms with Crippen LogP contribution in [0.3, 0.4) is 0 Å². The maximum Gasteiger partial charge on any atom is 0.326 e. The van der Waals surface area contributed by atoms with Crippen LogP contribution < -0.4 is 5.32 Å². The van der Waals surface area contributed by atoms with Crippen molar-refractivity contribution in [3.05, 3.63) is 16.1 Å². The van der Waals surface area contributed by atoms with Gasteiger partial charge in [0.1, 0.15) is 6.04 Å². The molecule has 7 heteroatoms. The van der Waals surface area contributed by atoms with E-state index in [9.17, 15) is 9.59 Å². The first-order valence-electron chi connectivity index (χ1n) is 5.60. The van der Waals surface area contributed by atoms with E-state index in [4.69, 9.17) is 5.11 Å². The Hall–Kier alpha value is -1.08. The number of thiazole rings is 1. The molecule has 0 aliphatic heterocycles. The molecule has 1 rings (SSSR count). The number of amides is 1. The Balaban J connectivity index is 2.24. The SMILES string of the molecule is CCc1nc(CSCCC(NC=O)C(=O)O)cs1. The number of nitrogens with one attached hydrogen (secondary N) is 1. The molecule has 1 heterocycles. The second kappa shape index (κ2) is 8.10. The highest BCUT2D eigenvalue weighted by Gasteiger charge is 2.15. The molecular weight excluding hydrogens is 272 g/mol. The quantitative estimate of drug-likeness (QED) is 0.532. The van der Waals surface area contributed by atoms with E-state index >= 15 is 0 Å². The van der Waals surface area contributed by atoms with Crippen LogP contribution in [0.25, 0.3) is 0 Å². The van der Waals surface area contributed by atoms with Gasteiger partial charge in [-0.3, -0.25) is 4.79 Å². The van der Waals surface area contributed by atoms with Crippen molar-refractivity contribution in [2.45, 2.75) is 31.6 Å². The molecule has 100 valence electrons. The van der Waals surface area contributed by atoms with E-state index < -0.39 is 12.0 Å². The maximum atomic E-state index is 10.8. The van der Waals surface area contributed by atoms with Crippen molar-refractivity contribution in [1.29, 1.82) is 0 Å². The molecule has 0 bridgehead atoms. The van der Waals surface area contributed by atoms with Crippen LogP contribution in [0.2, 0.25) is 0 Å². The number of thioether (sulfide) groups is 1. The van der Waals surface area contributed by atoms with Gasteiger partial charge in [-0.05, 0) is 18.6 Å². The lowest BCUT2D eigenvalue weighted by Crippen LogP contribution is -2.36. The Kier molecular flexibility index (Phi) is 6.74. The van der Waals surface area contributed by atoms with Gasteiger partial charge in [0.15, 0.2) is 0 Å². The lowest BCUT2D eigenvalue weighted by atomic mass is 10.2. The average Bonchev–Trinajstić information content (AvgIpc) is 2.80. The van der Waals surface area contributed by atoms with E-state index in [1.807, 2.05) is 5.38 Å². The number of carboxylic acid groups (broad SMARTS) is 1. The fourth-order valence-electron chi connectivity index (χ4n) is 1.32. The summed E-state index contributed by atoms with van der Waals surface area (Å²) >= 11 is 3.28. The van der Waals surface area contributed by atoms with Crippen LogP contribution >= 0.6 is 23.1 Å². The number of nitrogens with zero attached hydrogens (tertiary/aromatic N) is 1. The molecule has 0 saturated carbocycles. The van der Waals surface area contributed by atoms with Crippen LogP contribution in [-0.4, -0.2) is 34.3 Å². The summed E-state index contributed by atoms with van der Waals surface area (Å²) in [5.41, 5.74) is 1.04. The molecule has 1 aromatic rings. The van der Waals surface area contributed by atoms with Crippen LogP contribution in [0.5, 0.6) is 0 Å². The molecule has 0 aromatic carbocycles. The van der Waals surface area contributed by atoms with Crippen molar-refractivity contribution in [2.24, 2.45) is 0 Å². The largest absolute Gasteiger partial charge is 0.480 e. The van der Waals surface area contributed by atoms with Crippen LogP contribution in [-0.2, 0) is 21.8 Å². The van der Waals surface area contributed by atoms with Crippen LogP contribution in [0.1, 0.15) is 24.0 Å². The number of aromatic nitrogens is 1. The highest BCUT2D eigenvalue weighted by molar-refractivity contribution is 7.98. The molecule has 0 spiro atoms.